The highest BCUT2D eigenvalue weighted by Gasteiger charge is 2.17. The number of fused-ring (bicyclic) bond motifs is 1. The maximum atomic E-state index is 5.51. The van der Waals surface area contributed by atoms with Crippen LogP contribution in [0.15, 0.2) is 23.1 Å². The first-order valence-electron chi connectivity index (χ1n) is 5.28. The van der Waals surface area contributed by atoms with E-state index in [-0.39, 0.29) is 0 Å². The first-order chi connectivity index (χ1) is 6.79. The Hall–Kier alpha value is -0.470. The van der Waals surface area contributed by atoms with Gasteiger partial charge in [0.25, 0.3) is 0 Å². The average molecular weight is 207 g/mol. The average Bonchev–Trinajstić information content (AvgIpc) is 2.54. The van der Waals surface area contributed by atoms with E-state index in [1.54, 1.807) is 0 Å². The molecule has 1 nitrogen and oxygen atoms in total. The van der Waals surface area contributed by atoms with Crippen LogP contribution in [0, 0.1) is 0 Å². The van der Waals surface area contributed by atoms with Crippen LogP contribution in [0.5, 0.6) is 0 Å². The zero-order valence-corrected chi connectivity index (χ0v) is 9.44. The zero-order valence-electron chi connectivity index (χ0n) is 8.62. The van der Waals surface area contributed by atoms with Gasteiger partial charge in [0, 0.05) is 10.1 Å². The third-order valence-electron chi connectivity index (χ3n) is 2.63. The van der Waals surface area contributed by atoms with Crippen LogP contribution in [0.25, 0.3) is 0 Å². The van der Waals surface area contributed by atoms with E-state index in [9.17, 15) is 0 Å². The van der Waals surface area contributed by atoms with Crippen molar-refractivity contribution in [1.82, 2.24) is 0 Å². The third kappa shape index (κ3) is 2.12. The minimum Gasteiger partial charge on any atom is -0.330 e. The van der Waals surface area contributed by atoms with Gasteiger partial charge < -0.3 is 5.73 Å². The molecule has 1 aliphatic heterocycles. The minimum absolute atomic E-state index is 0.759. The van der Waals surface area contributed by atoms with E-state index in [2.05, 4.69) is 25.1 Å². The summed E-state index contributed by atoms with van der Waals surface area (Å²) in [4.78, 5) is 1.48. The number of rotatable bonds is 3. The van der Waals surface area contributed by atoms with Crippen LogP contribution in [-0.4, -0.2) is 11.8 Å². The highest BCUT2D eigenvalue weighted by molar-refractivity contribution is 8.00. The Kier molecular flexibility index (Phi) is 3.14. The maximum Gasteiger partial charge on any atom is 0.0107 e. The predicted molar refractivity (Wildman–Crippen MR) is 62.8 cm³/mol. The molecule has 1 unspecified atom stereocenters. The second-order valence-electron chi connectivity index (χ2n) is 3.97. The summed E-state index contributed by atoms with van der Waals surface area (Å²) in [6.45, 7) is 3.09. The van der Waals surface area contributed by atoms with Gasteiger partial charge in [0.2, 0.25) is 0 Å². The monoisotopic (exact) mass is 207 g/mol. The van der Waals surface area contributed by atoms with Crippen molar-refractivity contribution in [2.24, 2.45) is 5.73 Å². The lowest BCUT2D eigenvalue weighted by atomic mass is 10.0. The molecule has 1 aromatic rings. The molecule has 1 aliphatic rings. The lowest BCUT2D eigenvalue weighted by molar-refractivity contribution is 0.828. The highest BCUT2D eigenvalue weighted by Crippen LogP contribution is 2.37. The first kappa shape index (κ1) is 10.1. The molecule has 0 saturated heterocycles. The minimum atomic E-state index is 0.759. The summed E-state index contributed by atoms with van der Waals surface area (Å²) in [6.07, 6.45) is 3.46. The van der Waals surface area contributed by atoms with Crippen LogP contribution in [0.1, 0.15) is 24.5 Å². The largest absolute Gasteiger partial charge is 0.330 e. The molecule has 1 heterocycles. The quantitative estimate of drug-likeness (QED) is 0.824. The van der Waals surface area contributed by atoms with Crippen LogP contribution in [0.3, 0.4) is 0 Å². The zero-order chi connectivity index (χ0) is 9.97. The van der Waals surface area contributed by atoms with Gasteiger partial charge in [-0.3, -0.25) is 0 Å². The second kappa shape index (κ2) is 4.37. The summed E-state index contributed by atoms with van der Waals surface area (Å²) < 4.78 is 0. The number of thioether (sulfide) groups is 1. The second-order valence-corrected chi connectivity index (χ2v) is 5.45. The SMILES string of the molecule is CC1Cc2cc(CCCN)ccc2S1. The molecule has 2 N–H and O–H groups in total. The number of aryl methyl sites for hydroxylation is 1. The molecule has 0 bridgehead atoms. The molecule has 1 atom stereocenters. The van der Waals surface area contributed by atoms with Gasteiger partial charge in [-0.05, 0) is 43.0 Å². The van der Waals surface area contributed by atoms with Crippen LogP contribution in [-0.2, 0) is 12.8 Å². The van der Waals surface area contributed by atoms with E-state index >= 15 is 0 Å². The van der Waals surface area contributed by atoms with Crippen molar-refractivity contribution in [3.63, 3.8) is 0 Å². The lowest BCUT2D eigenvalue weighted by Gasteiger charge is -2.02. The molecule has 0 aromatic heterocycles. The molecular weight excluding hydrogens is 190 g/mol. The fourth-order valence-electron chi connectivity index (χ4n) is 1.94. The van der Waals surface area contributed by atoms with Crippen LogP contribution >= 0.6 is 11.8 Å². The predicted octanol–water partition coefficient (Wildman–Crippen LogP) is 2.61. The van der Waals surface area contributed by atoms with Crippen molar-refractivity contribution in [2.75, 3.05) is 6.54 Å². The molecule has 14 heavy (non-hydrogen) atoms. The summed E-state index contributed by atoms with van der Waals surface area (Å²) >= 11 is 2.00. The summed E-state index contributed by atoms with van der Waals surface area (Å²) in [5.74, 6) is 0. The van der Waals surface area contributed by atoms with Crippen molar-refractivity contribution in [3.8, 4) is 0 Å². The van der Waals surface area contributed by atoms with Gasteiger partial charge in [0.05, 0.1) is 0 Å². The molecule has 0 fully saturated rings. The summed E-state index contributed by atoms with van der Waals surface area (Å²) in [7, 11) is 0. The smallest absolute Gasteiger partial charge is 0.0107 e. The summed E-state index contributed by atoms with van der Waals surface area (Å²) in [5, 5.41) is 0.759. The topological polar surface area (TPSA) is 26.0 Å². The van der Waals surface area contributed by atoms with Gasteiger partial charge in [0.1, 0.15) is 0 Å². The Labute approximate surface area is 90.1 Å². The number of hydrogen-bond acceptors (Lipinski definition) is 2. The molecule has 2 rings (SSSR count). The Morgan fingerprint density at radius 3 is 3.14 bits per heavy atom. The van der Waals surface area contributed by atoms with Gasteiger partial charge in [-0.2, -0.15) is 0 Å². The van der Waals surface area contributed by atoms with Gasteiger partial charge >= 0.3 is 0 Å². The van der Waals surface area contributed by atoms with Crippen LogP contribution < -0.4 is 5.73 Å². The van der Waals surface area contributed by atoms with E-state index in [4.69, 9.17) is 5.73 Å². The van der Waals surface area contributed by atoms with Crippen molar-refractivity contribution in [3.05, 3.63) is 29.3 Å². The lowest BCUT2D eigenvalue weighted by Crippen LogP contribution is -2.00. The van der Waals surface area contributed by atoms with Crippen molar-refractivity contribution >= 4 is 11.8 Å². The standard InChI is InChI=1S/C12H17NS/c1-9-7-11-8-10(3-2-6-13)4-5-12(11)14-9/h4-5,8-9H,2-3,6-7,13H2,1H3. The van der Waals surface area contributed by atoms with Crippen molar-refractivity contribution in [2.45, 2.75) is 36.3 Å². The number of hydrogen-bond donors (Lipinski definition) is 1. The Balaban J connectivity index is 2.12. The van der Waals surface area contributed by atoms with Crippen molar-refractivity contribution < 1.29 is 0 Å². The normalized spacial score (nSPS) is 19.7. The molecule has 0 radical (unpaired) electrons. The summed E-state index contributed by atoms with van der Waals surface area (Å²) in [5.41, 5.74) is 8.49. The molecule has 76 valence electrons. The fraction of sp³-hybridized carbons (Fsp3) is 0.500. The van der Waals surface area contributed by atoms with E-state index in [1.165, 1.54) is 22.4 Å². The first-order valence-corrected chi connectivity index (χ1v) is 6.16. The van der Waals surface area contributed by atoms with Crippen LogP contribution in [0.4, 0.5) is 0 Å². The molecule has 0 amide bonds. The van der Waals surface area contributed by atoms with E-state index < -0.39 is 0 Å². The van der Waals surface area contributed by atoms with Crippen molar-refractivity contribution in [1.29, 1.82) is 0 Å². The van der Waals surface area contributed by atoms with Gasteiger partial charge in [-0.15, -0.1) is 11.8 Å². The Bertz CT molecular complexity index is 322. The molecule has 0 spiro atoms. The van der Waals surface area contributed by atoms with Crippen LogP contribution in [0.2, 0.25) is 0 Å². The fourth-order valence-corrected chi connectivity index (χ4v) is 3.07. The van der Waals surface area contributed by atoms with E-state index in [1.807, 2.05) is 11.8 Å². The van der Waals surface area contributed by atoms with E-state index in [0.717, 1.165) is 24.6 Å². The third-order valence-corrected chi connectivity index (χ3v) is 3.85. The maximum absolute atomic E-state index is 5.51. The van der Waals surface area contributed by atoms with Gasteiger partial charge in [-0.1, -0.05) is 19.1 Å². The Morgan fingerprint density at radius 2 is 2.36 bits per heavy atom. The van der Waals surface area contributed by atoms with Gasteiger partial charge in [-0.25, -0.2) is 0 Å². The highest BCUT2D eigenvalue weighted by atomic mass is 32.2. The Morgan fingerprint density at radius 1 is 1.50 bits per heavy atom. The van der Waals surface area contributed by atoms with Gasteiger partial charge in [0.15, 0.2) is 0 Å². The molecule has 0 aliphatic carbocycles. The molecular formula is C12H17NS. The number of benzene rings is 1. The number of nitrogens with two attached hydrogens (primary N) is 1. The van der Waals surface area contributed by atoms with E-state index in [0.29, 0.717) is 0 Å². The molecule has 0 saturated carbocycles. The summed E-state index contributed by atoms with van der Waals surface area (Å²) in [6, 6.07) is 6.89. The molecule has 2 heteroatoms. The molecule has 1 aromatic carbocycles.